The summed E-state index contributed by atoms with van der Waals surface area (Å²) in [6, 6.07) is 13.8. The molecule has 5 nitrogen and oxygen atoms in total. The first-order chi connectivity index (χ1) is 12.4. The zero-order chi connectivity index (χ0) is 18.9. The number of hydrogen-bond donors (Lipinski definition) is 0. The number of benzene rings is 2. The van der Waals surface area contributed by atoms with Crippen LogP contribution >= 0.6 is 0 Å². The van der Waals surface area contributed by atoms with Gasteiger partial charge in [0.05, 0.1) is 6.21 Å². The van der Waals surface area contributed by atoms with Gasteiger partial charge in [-0.05, 0) is 42.3 Å². The van der Waals surface area contributed by atoms with E-state index in [-0.39, 0.29) is 18.3 Å². The summed E-state index contributed by atoms with van der Waals surface area (Å²) in [7, 11) is 1.69. The third kappa shape index (κ3) is 6.51. The summed E-state index contributed by atoms with van der Waals surface area (Å²) >= 11 is 0. The van der Waals surface area contributed by atoms with Gasteiger partial charge in [0, 0.05) is 13.6 Å². The van der Waals surface area contributed by atoms with Crippen molar-refractivity contribution >= 4 is 12.1 Å². The number of hydrogen-bond acceptors (Lipinski definition) is 4. The van der Waals surface area contributed by atoms with E-state index in [4.69, 9.17) is 4.84 Å². The third-order valence-corrected chi connectivity index (χ3v) is 3.54. The molecule has 0 saturated carbocycles. The number of ether oxygens (including phenoxy) is 1. The van der Waals surface area contributed by atoms with Gasteiger partial charge in [0.25, 0.3) is 5.91 Å². The molecule has 0 bridgehead atoms. The number of carbonyl (C=O) groups excluding carboxylic acids is 1. The minimum atomic E-state index is -2.86. The van der Waals surface area contributed by atoms with Crippen LogP contribution in [0.2, 0.25) is 0 Å². The summed E-state index contributed by atoms with van der Waals surface area (Å²) < 4.78 is 28.4. The Kier molecular flexibility index (Phi) is 7.08. The summed E-state index contributed by atoms with van der Waals surface area (Å²) in [6.07, 6.45) is 1.39. The topological polar surface area (TPSA) is 51.1 Å². The van der Waals surface area contributed by atoms with Crippen molar-refractivity contribution in [2.24, 2.45) is 5.16 Å². The molecule has 0 aliphatic carbocycles. The van der Waals surface area contributed by atoms with Gasteiger partial charge in [-0.1, -0.05) is 35.0 Å². The van der Waals surface area contributed by atoms with Crippen molar-refractivity contribution in [3.63, 3.8) is 0 Å². The van der Waals surface area contributed by atoms with Crippen molar-refractivity contribution in [2.75, 3.05) is 13.7 Å². The monoisotopic (exact) mass is 362 g/mol. The lowest BCUT2D eigenvalue weighted by molar-refractivity contribution is -0.135. The molecule has 2 aromatic carbocycles. The maximum Gasteiger partial charge on any atom is 0.387 e. The smallest absolute Gasteiger partial charge is 0.387 e. The molecule has 0 aromatic heterocycles. The third-order valence-electron chi connectivity index (χ3n) is 3.54. The fourth-order valence-electron chi connectivity index (χ4n) is 2.09. The van der Waals surface area contributed by atoms with E-state index in [1.54, 1.807) is 24.1 Å². The fraction of sp³-hybridized carbons (Fsp3) is 0.263. The summed E-state index contributed by atoms with van der Waals surface area (Å²) in [5.41, 5.74) is 2.82. The highest BCUT2D eigenvalue weighted by Crippen LogP contribution is 2.14. The van der Waals surface area contributed by atoms with Gasteiger partial charge in [-0.2, -0.15) is 8.78 Å². The molecule has 0 heterocycles. The van der Waals surface area contributed by atoms with E-state index in [2.05, 4.69) is 9.89 Å². The lowest BCUT2D eigenvalue weighted by atomic mass is 10.1. The highest BCUT2D eigenvalue weighted by Gasteiger charge is 2.09. The number of likely N-dealkylation sites (N-methyl/N-ethyl adjacent to an activating group) is 1. The van der Waals surface area contributed by atoms with Crippen molar-refractivity contribution in [3.05, 3.63) is 65.2 Å². The number of nitrogens with zero attached hydrogens (tertiary/aromatic N) is 2. The predicted molar refractivity (Wildman–Crippen MR) is 94.3 cm³/mol. The van der Waals surface area contributed by atoms with Crippen LogP contribution in [0.25, 0.3) is 0 Å². The predicted octanol–water partition coefficient (Wildman–Crippen LogP) is 3.61. The molecule has 0 radical (unpaired) electrons. The van der Waals surface area contributed by atoms with Crippen molar-refractivity contribution in [3.8, 4) is 5.75 Å². The molecule has 138 valence electrons. The van der Waals surface area contributed by atoms with Gasteiger partial charge in [0.15, 0.2) is 6.61 Å². The number of aryl methyl sites for hydroxylation is 1. The zero-order valence-corrected chi connectivity index (χ0v) is 14.6. The van der Waals surface area contributed by atoms with E-state index < -0.39 is 6.61 Å². The first kappa shape index (κ1) is 19.4. The molecule has 0 spiro atoms. The summed E-state index contributed by atoms with van der Waals surface area (Å²) in [5.74, 6) is -0.144. The van der Waals surface area contributed by atoms with Gasteiger partial charge in [-0.25, -0.2) is 0 Å². The van der Waals surface area contributed by atoms with E-state index in [9.17, 15) is 13.6 Å². The maximum absolute atomic E-state index is 12.1. The highest BCUT2D eigenvalue weighted by atomic mass is 19.3. The van der Waals surface area contributed by atoms with Gasteiger partial charge < -0.3 is 14.5 Å². The summed E-state index contributed by atoms with van der Waals surface area (Å²) in [4.78, 5) is 18.6. The molecule has 26 heavy (non-hydrogen) atoms. The van der Waals surface area contributed by atoms with Crippen LogP contribution in [0, 0.1) is 6.92 Å². The fourth-order valence-corrected chi connectivity index (χ4v) is 2.09. The van der Waals surface area contributed by atoms with E-state index in [0.29, 0.717) is 12.1 Å². The quantitative estimate of drug-likeness (QED) is 0.533. The van der Waals surface area contributed by atoms with Crippen LogP contribution < -0.4 is 4.74 Å². The Balaban J connectivity index is 1.76. The van der Waals surface area contributed by atoms with Crippen molar-refractivity contribution < 1.29 is 23.1 Å². The van der Waals surface area contributed by atoms with Crippen LogP contribution in [0.4, 0.5) is 8.78 Å². The second kappa shape index (κ2) is 9.50. The Hall–Kier alpha value is -2.96. The second-order valence-corrected chi connectivity index (χ2v) is 5.69. The van der Waals surface area contributed by atoms with Crippen LogP contribution in [0.3, 0.4) is 0 Å². The van der Waals surface area contributed by atoms with Crippen molar-refractivity contribution in [2.45, 2.75) is 20.1 Å². The Labute approximate surface area is 150 Å². The average molecular weight is 362 g/mol. The molecular weight excluding hydrogens is 342 g/mol. The Bertz CT molecular complexity index is 731. The summed E-state index contributed by atoms with van der Waals surface area (Å²) in [6.45, 7) is -0.562. The molecule has 0 fully saturated rings. The summed E-state index contributed by atoms with van der Waals surface area (Å²) in [5, 5.41) is 3.71. The van der Waals surface area contributed by atoms with Gasteiger partial charge in [0.2, 0.25) is 0 Å². The molecule has 0 unspecified atom stereocenters. The van der Waals surface area contributed by atoms with E-state index in [1.165, 1.54) is 18.3 Å². The number of carbonyl (C=O) groups is 1. The lowest BCUT2D eigenvalue weighted by Crippen LogP contribution is -2.29. The maximum atomic E-state index is 12.1. The van der Waals surface area contributed by atoms with Crippen molar-refractivity contribution in [1.29, 1.82) is 0 Å². The first-order valence-electron chi connectivity index (χ1n) is 7.94. The van der Waals surface area contributed by atoms with E-state index in [0.717, 1.165) is 11.1 Å². The number of amides is 1. The van der Waals surface area contributed by atoms with E-state index in [1.807, 2.05) is 31.2 Å². The van der Waals surface area contributed by atoms with Crippen LogP contribution in [-0.4, -0.2) is 37.3 Å². The highest BCUT2D eigenvalue weighted by molar-refractivity contribution is 5.80. The van der Waals surface area contributed by atoms with Crippen LogP contribution in [0.1, 0.15) is 16.7 Å². The second-order valence-electron chi connectivity index (χ2n) is 5.69. The van der Waals surface area contributed by atoms with Gasteiger partial charge in [-0.3, -0.25) is 4.79 Å². The number of oxime groups is 1. The van der Waals surface area contributed by atoms with Gasteiger partial charge in [0.1, 0.15) is 5.75 Å². The molecule has 2 aromatic rings. The first-order valence-corrected chi connectivity index (χ1v) is 7.94. The zero-order valence-electron chi connectivity index (χ0n) is 14.6. The normalized spacial score (nSPS) is 11.0. The Morgan fingerprint density at radius 1 is 1.15 bits per heavy atom. The molecule has 1 amide bonds. The SMILES string of the molecule is Cc1ccc(CN(C)C(=O)CO/N=C/c2ccc(OC(F)F)cc2)cc1. The lowest BCUT2D eigenvalue weighted by Gasteiger charge is -2.16. The molecular formula is C19H20F2N2O3. The average Bonchev–Trinajstić information content (AvgIpc) is 2.61. The molecule has 0 atom stereocenters. The van der Waals surface area contributed by atoms with Crippen LogP contribution in [0.5, 0.6) is 5.75 Å². The van der Waals surface area contributed by atoms with Gasteiger partial charge in [-0.15, -0.1) is 0 Å². The molecule has 0 aliphatic heterocycles. The molecule has 0 N–H and O–H groups in total. The largest absolute Gasteiger partial charge is 0.435 e. The minimum absolute atomic E-state index is 0.0611. The van der Waals surface area contributed by atoms with Crippen LogP contribution in [0.15, 0.2) is 53.7 Å². The number of alkyl halides is 2. The molecule has 7 heteroatoms. The molecule has 2 rings (SSSR count). The minimum Gasteiger partial charge on any atom is -0.435 e. The standard InChI is InChI=1S/C19H20F2N2O3/c1-14-3-5-16(6-4-14)12-23(2)18(24)13-25-22-11-15-7-9-17(10-8-15)26-19(20)21/h3-11,19H,12-13H2,1-2H3/b22-11+. The van der Waals surface area contributed by atoms with Crippen molar-refractivity contribution in [1.82, 2.24) is 4.90 Å². The van der Waals surface area contributed by atoms with Gasteiger partial charge >= 0.3 is 6.61 Å². The van der Waals surface area contributed by atoms with Crippen LogP contribution in [-0.2, 0) is 16.2 Å². The molecule has 0 aliphatic rings. The van der Waals surface area contributed by atoms with E-state index >= 15 is 0 Å². The Morgan fingerprint density at radius 2 is 1.81 bits per heavy atom. The number of halogens is 2. The Morgan fingerprint density at radius 3 is 2.42 bits per heavy atom. The molecule has 0 saturated heterocycles. The number of rotatable bonds is 8.